The van der Waals surface area contributed by atoms with Gasteiger partial charge in [-0.1, -0.05) is 37.0 Å². The maximum absolute atomic E-state index is 14.5. The SMILES string of the molecule is COc1ccc2c(CCNc3nc(F)c(Cl)c(Oc4ccc(O)c(C(C)C)c4)c3Cl)c[nH]c2c1. The average Bonchev–Trinajstić information content (AvgIpc) is 3.22. The summed E-state index contributed by atoms with van der Waals surface area (Å²) in [6, 6.07) is 10.6. The van der Waals surface area contributed by atoms with E-state index in [-0.39, 0.29) is 33.3 Å². The van der Waals surface area contributed by atoms with Gasteiger partial charge in [0.15, 0.2) is 11.6 Å². The fourth-order valence-corrected chi connectivity index (χ4v) is 4.16. The molecule has 6 nitrogen and oxygen atoms in total. The Morgan fingerprint density at radius 1 is 1.12 bits per heavy atom. The molecular weight excluding hydrogens is 480 g/mol. The normalized spacial score (nSPS) is 11.3. The second-order valence-electron chi connectivity index (χ2n) is 8.09. The largest absolute Gasteiger partial charge is 0.508 e. The summed E-state index contributed by atoms with van der Waals surface area (Å²) in [6.07, 6.45) is 2.56. The molecule has 0 saturated heterocycles. The number of nitrogens with one attached hydrogen (secondary N) is 2. The molecule has 0 atom stereocenters. The van der Waals surface area contributed by atoms with Crippen molar-refractivity contribution < 1.29 is 19.0 Å². The molecule has 0 bridgehead atoms. The van der Waals surface area contributed by atoms with Crippen LogP contribution >= 0.6 is 23.2 Å². The molecule has 0 aliphatic carbocycles. The molecule has 0 aliphatic heterocycles. The molecule has 0 amide bonds. The van der Waals surface area contributed by atoms with E-state index in [0.717, 1.165) is 22.2 Å². The number of phenols is 1. The monoisotopic (exact) mass is 503 g/mol. The molecule has 0 saturated carbocycles. The molecule has 0 radical (unpaired) electrons. The molecule has 0 spiro atoms. The van der Waals surface area contributed by atoms with Crippen molar-refractivity contribution in [3.05, 3.63) is 69.7 Å². The minimum atomic E-state index is -0.898. The average molecular weight is 504 g/mol. The van der Waals surface area contributed by atoms with Crippen LogP contribution in [0.3, 0.4) is 0 Å². The lowest BCUT2D eigenvalue weighted by molar-refractivity contribution is 0.415. The van der Waals surface area contributed by atoms with E-state index in [2.05, 4.69) is 15.3 Å². The molecule has 2 aromatic carbocycles. The number of ether oxygens (including phenoxy) is 2. The predicted octanol–water partition coefficient (Wildman–Crippen LogP) is 7.29. The van der Waals surface area contributed by atoms with E-state index < -0.39 is 5.95 Å². The minimum Gasteiger partial charge on any atom is -0.508 e. The summed E-state index contributed by atoms with van der Waals surface area (Å²) in [5.41, 5.74) is 2.74. The van der Waals surface area contributed by atoms with Gasteiger partial charge in [0.05, 0.1) is 7.11 Å². The summed E-state index contributed by atoms with van der Waals surface area (Å²) < 4.78 is 25.6. The highest BCUT2D eigenvalue weighted by molar-refractivity contribution is 6.38. The summed E-state index contributed by atoms with van der Waals surface area (Å²) in [6.45, 7) is 4.33. The first-order chi connectivity index (χ1) is 16.3. The Bertz CT molecular complexity index is 1340. The number of pyridine rings is 1. The lowest BCUT2D eigenvalue weighted by Crippen LogP contribution is -2.08. The Morgan fingerprint density at radius 3 is 2.62 bits per heavy atom. The third-order valence-electron chi connectivity index (χ3n) is 5.50. The topological polar surface area (TPSA) is 79.4 Å². The van der Waals surface area contributed by atoms with Crippen LogP contribution in [0.5, 0.6) is 23.0 Å². The van der Waals surface area contributed by atoms with Gasteiger partial charge in [0.25, 0.3) is 0 Å². The van der Waals surface area contributed by atoms with Gasteiger partial charge in [0.1, 0.15) is 27.3 Å². The minimum absolute atomic E-state index is 0.0436. The number of anilines is 1. The van der Waals surface area contributed by atoms with E-state index in [0.29, 0.717) is 24.3 Å². The fraction of sp³-hybridized carbons (Fsp3) is 0.240. The maximum Gasteiger partial charge on any atom is 0.237 e. The molecule has 9 heteroatoms. The van der Waals surface area contributed by atoms with E-state index >= 15 is 0 Å². The van der Waals surface area contributed by atoms with E-state index in [4.69, 9.17) is 32.7 Å². The third kappa shape index (κ3) is 4.86. The van der Waals surface area contributed by atoms with Crippen LogP contribution in [0.15, 0.2) is 42.6 Å². The van der Waals surface area contributed by atoms with Gasteiger partial charge in [-0.3, -0.25) is 0 Å². The Morgan fingerprint density at radius 2 is 1.88 bits per heavy atom. The van der Waals surface area contributed by atoms with Crippen LogP contribution in [0.1, 0.15) is 30.9 Å². The van der Waals surface area contributed by atoms with Gasteiger partial charge in [-0.05, 0) is 48.2 Å². The zero-order valence-corrected chi connectivity index (χ0v) is 20.4. The first kappa shape index (κ1) is 24.0. The van der Waals surface area contributed by atoms with Gasteiger partial charge in [-0.25, -0.2) is 0 Å². The van der Waals surface area contributed by atoms with Crippen LogP contribution < -0.4 is 14.8 Å². The zero-order chi connectivity index (χ0) is 24.4. The van der Waals surface area contributed by atoms with E-state index in [1.54, 1.807) is 19.2 Å². The second kappa shape index (κ2) is 9.99. The van der Waals surface area contributed by atoms with E-state index in [1.165, 1.54) is 6.07 Å². The number of phenolic OH excluding ortho intramolecular Hbond substituents is 1. The number of aromatic hydroxyl groups is 1. The summed E-state index contributed by atoms with van der Waals surface area (Å²) in [4.78, 5) is 7.08. The first-order valence-corrected chi connectivity index (χ1v) is 11.5. The molecule has 34 heavy (non-hydrogen) atoms. The fourth-order valence-electron chi connectivity index (χ4n) is 3.69. The van der Waals surface area contributed by atoms with Gasteiger partial charge in [0.2, 0.25) is 5.95 Å². The molecule has 2 heterocycles. The van der Waals surface area contributed by atoms with Crippen LogP contribution in [0.25, 0.3) is 10.9 Å². The van der Waals surface area contributed by atoms with Crippen molar-refractivity contribution in [2.45, 2.75) is 26.2 Å². The highest BCUT2D eigenvalue weighted by Gasteiger charge is 2.20. The van der Waals surface area contributed by atoms with Crippen molar-refractivity contribution in [1.29, 1.82) is 0 Å². The Kier molecular flexibility index (Phi) is 7.05. The van der Waals surface area contributed by atoms with E-state index in [9.17, 15) is 9.50 Å². The quantitative estimate of drug-likeness (QED) is 0.220. The highest BCUT2D eigenvalue weighted by Crippen LogP contribution is 2.42. The Balaban J connectivity index is 1.53. The summed E-state index contributed by atoms with van der Waals surface area (Å²) in [7, 11) is 1.62. The zero-order valence-electron chi connectivity index (χ0n) is 18.9. The van der Waals surface area contributed by atoms with Crippen molar-refractivity contribution in [1.82, 2.24) is 9.97 Å². The number of hydrogen-bond acceptors (Lipinski definition) is 5. The van der Waals surface area contributed by atoms with Crippen LogP contribution in [0, 0.1) is 5.95 Å². The number of aromatic amines is 1. The standard InChI is InChI=1S/C25H24Cl2FN3O3/c1-13(2)18-10-16(5-7-20(18)32)34-23-21(26)24(28)31-25(22(23)27)29-9-8-14-12-30-19-11-15(33-3)4-6-17(14)19/h4-7,10-13,30,32H,8-9H2,1-3H3,(H,29,31). The predicted molar refractivity (Wildman–Crippen MR) is 134 cm³/mol. The number of H-pyrrole nitrogens is 1. The van der Waals surface area contributed by atoms with Crippen molar-refractivity contribution >= 4 is 39.9 Å². The Labute approximate surface area is 206 Å². The lowest BCUT2D eigenvalue weighted by Gasteiger charge is -2.15. The van der Waals surface area contributed by atoms with Crippen molar-refractivity contribution in [3.8, 4) is 23.0 Å². The smallest absolute Gasteiger partial charge is 0.237 e. The van der Waals surface area contributed by atoms with Gasteiger partial charge >= 0.3 is 0 Å². The number of methoxy groups -OCH3 is 1. The van der Waals surface area contributed by atoms with Gasteiger partial charge in [-0.2, -0.15) is 9.37 Å². The van der Waals surface area contributed by atoms with Gasteiger partial charge in [0, 0.05) is 35.3 Å². The summed E-state index contributed by atoms with van der Waals surface area (Å²) >= 11 is 12.6. The lowest BCUT2D eigenvalue weighted by atomic mass is 10.0. The van der Waals surface area contributed by atoms with Gasteiger partial charge in [-0.15, -0.1) is 0 Å². The first-order valence-electron chi connectivity index (χ1n) is 10.7. The molecule has 2 aromatic heterocycles. The number of benzene rings is 2. The molecule has 0 unspecified atom stereocenters. The van der Waals surface area contributed by atoms with Gasteiger partial charge < -0.3 is 24.9 Å². The molecule has 3 N–H and O–H groups in total. The van der Waals surface area contributed by atoms with Crippen molar-refractivity contribution in [2.75, 3.05) is 19.0 Å². The van der Waals surface area contributed by atoms with Crippen molar-refractivity contribution in [2.24, 2.45) is 0 Å². The molecule has 4 rings (SSSR count). The van der Waals surface area contributed by atoms with Crippen molar-refractivity contribution in [3.63, 3.8) is 0 Å². The summed E-state index contributed by atoms with van der Waals surface area (Å²) in [5, 5.41) is 13.9. The maximum atomic E-state index is 14.5. The third-order valence-corrected chi connectivity index (χ3v) is 6.18. The number of halogens is 3. The molecule has 4 aromatic rings. The second-order valence-corrected chi connectivity index (χ2v) is 8.84. The van der Waals surface area contributed by atoms with Crippen LogP contribution in [-0.4, -0.2) is 28.7 Å². The van der Waals surface area contributed by atoms with Crippen LogP contribution in [-0.2, 0) is 6.42 Å². The Hall–Kier alpha value is -3.16. The van der Waals surface area contributed by atoms with E-state index in [1.807, 2.05) is 38.2 Å². The molecular formula is C25H24Cl2FN3O3. The highest BCUT2D eigenvalue weighted by atomic mass is 35.5. The number of fused-ring (bicyclic) bond motifs is 1. The number of rotatable bonds is 8. The number of hydrogen-bond donors (Lipinski definition) is 3. The molecule has 0 fully saturated rings. The molecule has 0 aliphatic rings. The summed E-state index contributed by atoms with van der Waals surface area (Å²) in [5.74, 6) is 0.542. The number of nitrogens with zero attached hydrogens (tertiary/aromatic N) is 1. The van der Waals surface area contributed by atoms with Crippen LogP contribution in [0.4, 0.5) is 10.2 Å². The van der Waals surface area contributed by atoms with Crippen LogP contribution in [0.2, 0.25) is 10.0 Å². The number of aromatic nitrogens is 2. The molecule has 178 valence electrons.